The quantitative estimate of drug-likeness (QED) is 0.314. The van der Waals surface area contributed by atoms with Crippen LogP contribution in [0.3, 0.4) is 0 Å². The topological polar surface area (TPSA) is 70.0 Å². The molecule has 6 nitrogen and oxygen atoms in total. The average Bonchev–Trinajstić information content (AvgIpc) is 3.40. The van der Waals surface area contributed by atoms with Crippen LogP contribution in [0.2, 0.25) is 0 Å². The van der Waals surface area contributed by atoms with Crippen molar-refractivity contribution in [2.45, 2.75) is 19.4 Å². The zero-order chi connectivity index (χ0) is 20.6. The number of nitrogens with one attached hydrogen (secondary N) is 3. The van der Waals surface area contributed by atoms with E-state index in [1.165, 1.54) is 22.0 Å². The van der Waals surface area contributed by atoms with Gasteiger partial charge in [-0.25, -0.2) is 4.98 Å². The van der Waals surface area contributed by atoms with Crippen molar-refractivity contribution in [3.8, 4) is 0 Å². The van der Waals surface area contributed by atoms with E-state index in [9.17, 15) is 0 Å². The summed E-state index contributed by atoms with van der Waals surface area (Å²) in [4.78, 5) is 12.2. The zero-order valence-corrected chi connectivity index (χ0v) is 17.3. The minimum Gasteiger partial charge on any atom is -0.361 e. The second-order valence-corrected chi connectivity index (χ2v) is 7.24. The molecule has 2 heterocycles. The maximum absolute atomic E-state index is 4.52. The fraction of sp³-hybridized carbons (Fsp3) is 0.250. The average molecular weight is 401 g/mol. The van der Waals surface area contributed by atoms with Gasteiger partial charge < -0.3 is 20.2 Å². The SMILES string of the molecule is CN=C(NCCc1c[nH]c2ccccc12)NCCc1nccn1Cc1ccccc1. The molecule has 0 amide bonds. The first-order chi connectivity index (χ1) is 14.8. The number of nitrogens with zero attached hydrogens (tertiary/aromatic N) is 3. The Morgan fingerprint density at radius 2 is 1.77 bits per heavy atom. The Balaban J connectivity index is 1.24. The number of benzene rings is 2. The van der Waals surface area contributed by atoms with Gasteiger partial charge in [0, 0.05) is 62.6 Å². The number of imidazole rings is 1. The molecule has 0 bridgehead atoms. The van der Waals surface area contributed by atoms with Crippen LogP contribution in [0, 0.1) is 0 Å². The number of guanidine groups is 1. The van der Waals surface area contributed by atoms with Crippen molar-refractivity contribution in [2.24, 2.45) is 4.99 Å². The third kappa shape index (κ3) is 4.89. The van der Waals surface area contributed by atoms with Crippen LogP contribution in [0.15, 0.2) is 78.2 Å². The number of aromatic amines is 1. The Morgan fingerprint density at radius 1 is 1.00 bits per heavy atom. The highest BCUT2D eigenvalue weighted by atomic mass is 15.2. The summed E-state index contributed by atoms with van der Waals surface area (Å²) in [5.74, 6) is 1.89. The summed E-state index contributed by atoms with van der Waals surface area (Å²) in [6.45, 7) is 2.44. The number of aromatic nitrogens is 3. The minimum atomic E-state index is 0.776. The van der Waals surface area contributed by atoms with E-state index >= 15 is 0 Å². The van der Waals surface area contributed by atoms with E-state index in [4.69, 9.17) is 0 Å². The lowest BCUT2D eigenvalue weighted by Gasteiger charge is -2.12. The molecular formula is C24H28N6. The highest BCUT2D eigenvalue weighted by Crippen LogP contribution is 2.17. The predicted octanol–water partition coefficient (Wildman–Crippen LogP) is 3.36. The van der Waals surface area contributed by atoms with Crippen molar-refractivity contribution in [3.63, 3.8) is 0 Å². The summed E-state index contributed by atoms with van der Waals surface area (Å²) >= 11 is 0. The van der Waals surface area contributed by atoms with E-state index in [0.717, 1.165) is 44.3 Å². The van der Waals surface area contributed by atoms with Gasteiger partial charge in [0.1, 0.15) is 5.82 Å². The van der Waals surface area contributed by atoms with Crippen LogP contribution in [0.1, 0.15) is 17.0 Å². The van der Waals surface area contributed by atoms with Gasteiger partial charge in [-0.15, -0.1) is 0 Å². The van der Waals surface area contributed by atoms with Crippen LogP contribution in [0.5, 0.6) is 0 Å². The van der Waals surface area contributed by atoms with Crippen LogP contribution in [0.25, 0.3) is 10.9 Å². The first-order valence-corrected chi connectivity index (χ1v) is 10.4. The standard InChI is InChI=1S/C24H28N6/c1-25-24(27-13-11-20-17-29-22-10-6-5-9-21(20)22)28-14-12-23-26-15-16-30(23)18-19-7-3-2-4-8-19/h2-10,15-17,29H,11-14,18H2,1H3,(H2,25,27,28). The van der Waals surface area contributed by atoms with E-state index in [0.29, 0.717) is 0 Å². The van der Waals surface area contributed by atoms with E-state index < -0.39 is 0 Å². The first-order valence-electron chi connectivity index (χ1n) is 10.4. The Labute approximate surface area is 177 Å². The molecule has 0 spiro atoms. The molecule has 4 aromatic rings. The molecule has 6 heteroatoms. The molecule has 3 N–H and O–H groups in total. The molecule has 0 aliphatic heterocycles. The Morgan fingerprint density at radius 3 is 2.60 bits per heavy atom. The van der Waals surface area contributed by atoms with Gasteiger partial charge in [-0.3, -0.25) is 4.99 Å². The maximum atomic E-state index is 4.52. The van der Waals surface area contributed by atoms with E-state index in [1.54, 1.807) is 7.05 Å². The maximum Gasteiger partial charge on any atom is 0.191 e. The molecule has 0 saturated carbocycles. The van der Waals surface area contributed by atoms with Crippen molar-refractivity contribution < 1.29 is 0 Å². The third-order valence-electron chi connectivity index (χ3n) is 5.22. The van der Waals surface area contributed by atoms with Gasteiger partial charge in [-0.1, -0.05) is 48.5 Å². The van der Waals surface area contributed by atoms with Crippen LogP contribution in [-0.2, 0) is 19.4 Å². The molecule has 30 heavy (non-hydrogen) atoms. The zero-order valence-electron chi connectivity index (χ0n) is 17.3. The predicted molar refractivity (Wildman–Crippen MR) is 123 cm³/mol. The lowest BCUT2D eigenvalue weighted by atomic mass is 10.1. The number of fused-ring (bicyclic) bond motifs is 1. The Hall–Kier alpha value is -3.54. The molecule has 0 saturated heterocycles. The molecule has 2 aromatic heterocycles. The van der Waals surface area contributed by atoms with Crippen molar-refractivity contribution in [1.29, 1.82) is 0 Å². The lowest BCUT2D eigenvalue weighted by Crippen LogP contribution is -2.39. The summed E-state index contributed by atoms with van der Waals surface area (Å²) in [5, 5.41) is 8.08. The highest BCUT2D eigenvalue weighted by Gasteiger charge is 2.06. The van der Waals surface area contributed by atoms with Crippen LogP contribution >= 0.6 is 0 Å². The van der Waals surface area contributed by atoms with Crippen molar-refractivity contribution in [3.05, 3.63) is 90.1 Å². The second-order valence-electron chi connectivity index (χ2n) is 7.24. The molecular weight excluding hydrogens is 372 g/mol. The fourth-order valence-corrected chi connectivity index (χ4v) is 3.66. The Kier molecular flexibility index (Phi) is 6.44. The first kappa shape index (κ1) is 19.8. The molecule has 0 fully saturated rings. The third-order valence-corrected chi connectivity index (χ3v) is 5.22. The molecule has 0 radical (unpaired) electrons. The number of para-hydroxylation sites is 1. The second kappa shape index (κ2) is 9.78. The van der Waals surface area contributed by atoms with Gasteiger partial charge in [0.15, 0.2) is 5.96 Å². The van der Waals surface area contributed by atoms with Gasteiger partial charge in [0.2, 0.25) is 0 Å². The minimum absolute atomic E-state index is 0.776. The molecule has 0 aliphatic rings. The molecule has 0 aliphatic carbocycles. The summed E-state index contributed by atoms with van der Waals surface area (Å²) in [6.07, 6.45) is 7.77. The number of hydrogen-bond donors (Lipinski definition) is 3. The molecule has 0 unspecified atom stereocenters. The van der Waals surface area contributed by atoms with Crippen molar-refractivity contribution >= 4 is 16.9 Å². The van der Waals surface area contributed by atoms with Crippen LogP contribution in [0.4, 0.5) is 0 Å². The number of H-pyrrole nitrogens is 1. The monoisotopic (exact) mass is 400 g/mol. The van der Waals surface area contributed by atoms with Gasteiger partial charge >= 0.3 is 0 Å². The van der Waals surface area contributed by atoms with Crippen LogP contribution < -0.4 is 10.6 Å². The van der Waals surface area contributed by atoms with Gasteiger partial charge in [-0.2, -0.15) is 0 Å². The fourth-order valence-electron chi connectivity index (χ4n) is 3.66. The summed E-state index contributed by atoms with van der Waals surface area (Å²) in [6, 6.07) is 18.9. The van der Waals surface area contributed by atoms with E-state index in [2.05, 4.69) is 84.9 Å². The molecule has 2 aromatic carbocycles. The smallest absolute Gasteiger partial charge is 0.191 e. The summed E-state index contributed by atoms with van der Waals surface area (Å²) < 4.78 is 2.20. The van der Waals surface area contributed by atoms with Crippen molar-refractivity contribution in [2.75, 3.05) is 20.1 Å². The Bertz CT molecular complexity index is 1090. The number of hydrogen-bond acceptors (Lipinski definition) is 2. The van der Waals surface area contributed by atoms with Gasteiger partial charge in [0.05, 0.1) is 0 Å². The molecule has 0 atom stereocenters. The largest absolute Gasteiger partial charge is 0.361 e. The van der Waals surface area contributed by atoms with Crippen LogP contribution in [-0.4, -0.2) is 40.6 Å². The number of aliphatic imine (C=N–C) groups is 1. The molecule has 154 valence electrons. The normalized spacial score (nSPS) is 11.7. The van der Waals surface area contributed by atoms with E-state index in [-0.39, 0.29) is 0 Å². The summed E-state index contributed by atoms with van der Waals surface area (Å²) in [5.41, 5.74) is 3.77. The number of rotatable bonds is 8. The van der Waals surface area contributed by atoms with E-state index in [1.807, 2.05) is 18.5 Å². The highest BCUT2D eigenvalue weighted by molar-refractivity contribution is 5.83. The summed E-state index contributed by atoms with van der Waals surface area (Å²) in [7, 11) is 1.80. The van der Waals surface area contributed by atoms with Gasteiger partial charge in [-0.05, 0) is 23.6 Å². The lowest BCUT2D eigenvalue weighted by molar-refractivity contribution is 0.693. The molecule has 4 rings (SSSR count). The van der Waals surface area contributed by atoms with Crippen molar-refractivity contribution in [1.82, 2.24) is 25.2 Å². The van der Waals surface area contributed by atoms with Gasteiger partial charge in [0.25, 0.3) is 0 Å².